The van der Waals surface area contributed by atoms with Gasteiger partial charge in [0.2, 0.25) is 0 Å². The van der Waals surface area contributed by atoms with Crippen LogP contribution in [0.15, 0.2) is 0 Å². The number of rotatable bonds is 6. The van der Waals surface area contributed by atoms with Crippen molar-refractivity contribution < 1.29 is 43.2 Å². The van der Waals surface area contributed by atoms with Crippen molar-refractivity contribution in [1.29, 1.82) is 0 Å². The van der Waals surface area contributed by atoms with Gasteiger partial charge in [0.15, 0.2) is 18.5 Å². The fourth-order valence-corrected chi connectivity index (χ4v) is 2.26. The van der Waals surface area contributed by atoms with Crippen molar-refractivity contribution in [3.05, 3.63) is 0 Å². The first-order valence-corrected chi connectivity index (χ1v) is 7.19. The zero-order chi connectivity index (χ0) is 17.6. The van der Waals surface area contributed by atoms with Crippen LogP contribution in [0, 0.1) is 0 Å². The molecule has 9 heteroatoms. The summed E-state index contributed by atoms with van der Waals surface area (Å²) in [5, 5.41) is 10.1. The molecule has 1 saturated heterocycles. The van der Waals surface area contributed by atoms with Gasteiger partial charge in [-0.2, -0.15) is 0 Å². The summed E-state index contributed by atoms with van der Waals surface area (Å²) in [6.45, 7) is 5.17. The predicted molar refractivity (Wildman–Crippen MR) is 74.0 cm³/mol. The van der Waals surface area contributed by atoms with Crippen molar-refractivity contribution in [2.75, 3.05) is 13.2 Å². The van der Waals surface area contributed by atoms with E-state index in [1.807, 2.05) is 0 Å². The molecule has 1 N–H and O–H groups in total. The van der Waals surface area contributed by atoms with E-state index in [4.69, 9.17) is 23.7 Å². The number of esters is 3. The van der Waals surface area contributed by atoms with E-state index in [9.17, 15) is 19.5 Å². The van der Waals surface area contributed by atoms with Gasteiger partial charge in [0.05, 0.1) is 0 Å². The molecule has 1 aliphatic heterocycles. The monoisotopic (exact) mass is 334 g/mol. The molecule has 0 aromatic heterocycles. The Balaban J connectivity index is 3.04. The number of hydrogen-bond acceptors (Lipinski definition) is 9. The minimum absolute atomic E-state index is 0.213. The average molecular weight is 334 g/mol. The SMILES string of the molecule is CCOC1C(O)OC(COC(C)=O)C(OC(C)=O)C1OC(C)=O. The van der Waals surface area contributed by atoms with E-state index in [0.717, 1.165) is 0 Å². The Morgan fingerprint density at radius 1 is 0.957 bits per heavy atom. The highest BCUT2D eigenvalue weighted by Gasteiger charge is 2.50. The first-order valence-electron chi connectivity index (χ1n) is 7.19. The quantitative estimate of drug-likeness (QED) is 0.508. The molecule has 0 aromatic carbocycles. The van der Waals surface area contributed by atoms with E-state index in [-0.39, 0.29) is 13.2 Å². The maximum absolute atomic E-state index is 11.3. The Bertz CT molecular complexity index is 436. The van der Waals surface area contributed by atoms with Crippen LogP contribution in [0.2, 0.25) is 0 Å². The van der Waals surface area contributed by atoms with E-state index in [2.05, 4.69) is 0 Å². The van der Waals surface area contributed by atoms with Crippen LogP contribution in [0.3, 0.4) is 0 Å². The van der Waals surface area contributed by atoms with Crippen LogP contribution in [0.1, 0.15) is 27.7 Å². The highest BCUT2D eigenvalue weighted by molar-refractivity contribution is 5.67. The topological polar surface area (TPSA) is 118 Å². The lowest BCUT2D eigenvalue weighted by Crippen LogP contribution is -2.62. The van der Waals surface area contributed by atoms with E-state index in [1.165, 1.54) is 20.8 Å². The summed E-state index contributed by atoms with van der Waals surface area (Å²) in [6, 6.07) is 0. The molecule has 132 valence electrons. The maximum Gasteiger partial charge on any atom is 0.303 e. The van der Waals surface area contributed by atoms with Crippen LogP contribution < -0.4 is 0 Å². The highest BCUT2D eigenvalue weighted by atomic mass is 16.7. The Morgan fingerprint density at radius 3 is 2.00 bits per heavy atom. The van der Waals surface area contributed by atoms with Gasteiger partial charge in [-0.1, -0.05) is 0 Å². The molecule has 1 aliphatic rings. The lowest BCUT2D eigenvalue weighted by Gasteiger charge is -2.42. The standard InChI is InChI=1S/C14H22O9/c1-5-19-13-12(22-9(4)17)11(21-8(3)16)10(23-14(13)18)6-20-7(2)15/h10-14,18H,5-6H2,1-4H3. The molecule has 0 aliphatic carbocycles. The summed E-state index contributed by atoms with van der Waals surface area (Å²) in [4.78, 5) is 33.7. The second kappa shape index (κ2) is 8.80. The second-order valence-electron chi connectivity index (χ2n) is 4.94. The number of aliphatic hydroxyl groups is 1. The summed E-state index contributed by atoms with van der Waals surface area (Å²) in [5.41, 5.74) is 0. The molecule has 1 fully saturated rings. The van der Waals surface area contributed by atoms with Gasteiger partial charge >= 0.3 is 17.9 Å². The minimum Gasteiger partial charge on any atom is -0.463 e. The van der Waals surface area contributed by atoms with E-state index in [1.54, 1.807) is 6.92 Å². The summed E-state index contributed by atoms with van der Waals surface area (Å²) >= 11 is 0. The molecule has 0 radical (unpaired) electrons. The largest absolute Gasteiger partial charge is 0.463 e. The van der Waals surface area contributed by atoms with Crippen molar-refractivity contribution >= 4 is 17.9 Å². The van der Waals surface area contributed by atoms with Crippen LogP contribution in [-0.2, 0) is 38.1 Å². The van der Waals surface area contributed by atoms with Gasteiger partial charge < -0.3 is 28.8 Å². The van der Waals surface area contributed by atoms with Gasteiger partial charge in [-0.25, -0.2) is 0 Å². The van der Waals surface area contributed by atoms with E-state index in [0.29, 0.717) is 0 Å². The molecule has 1 rings (SSSR count). The lowest BCUT2D eigenvalue weighted by molar-refractivity contribution is -0.301. The van der Waals surface area contributed by atoms with Gasteiger partial charge in [-0.3, -0.25) is 14.4 Å². The molecule has 0 aromatic rings. The minimum atomic E-state index is -1.44. The van der Waals surface area contributed by atoms with Crippen molar-refractivity contribution in [1.82, 2.24) is 0 Å². The molecule has 5 unspecified atom stereocenters. The lowest BCUT2D eigenvalue weighted by atomic mass is 9.98. The molecular weight excluding hydrogens is 312 g/mol. The zero-order valence-electron chi connectivity index (χ0n) is 13.5. The van der Waals surface area contributed by atoms with Gasteiger partial charge in [0, 0.05) is 27.4 Å². The predicted octanol–water partition coefficient (Wildman–Crippen LogP) is -0.465. The zero-order valence-corrected chi connectivity index (χ0v) is 13.5. The summed E-state index contributed by atoms with van der Waals surface area (Å²) in [5.74, 6) is -1.85. The van der Waals surface area contributed by atoms with Crippen LogP contribution >= 0.6 is 0 Å². The number of carbonyl (C=O) groups is 3. The molecule has 0 amide bonds. The van der Waals surface area contributed by atoms with Crippen LogP contribution in [-0.4, -0.2) is 66.9 Å². The Hall–Kier alpha value is -1.71. The van der Waals surface area contributed by atoms with Crippen molar-refractivity contribution in [2.24, 2.45) is 0 Å². The molecule has 23 heavy (non-hydrogen) atoms. The second-order valence-corrected chi connectivity index (χ2v) is 4.94. The van der Waals surface area contributed by atoms with Crippen molar-refractivity contribution in [3.8, 4) is 0 Å². The first-order chi connectivity index (χ1) is 10.8. The molecule has 1 heterocycles. The van der Waals surface area contributed by atoms with E-state index < -0.39 is 48.6 Å². The number of ether oxygens (including phenoxy) is 5. The number of carbonyl (C=O) groups excluding carboxylic acids is 3. The smallest absolute Gasteiger partial charge is 0.303 e. The van der Waals surface area contributed by atoms with Gasteiger partial charge in [0.1, 0.15) is 18.8 Å². The third-order valence-corrected chi connectivity index (χ3v) is 3.02. The Morgan fingerprint density at radius 2 is 1.52 bits per heavy atom. The summed E-state index contributed by atoms with van der Waals surface area (Å²) < 4.78 is 25.8. The van der Waals surface area contributed by atoms with Gasteiger partial charge in [-0.05, 0) is 6.92 Å². The fourth-order valence-electron chi connectivity index (χ4n) is 2.26. The van der Waals surface area contributed by atoms with Crippen molar-refractivity contribution in [2.45, 2.75) is 58.4 Å². The normalized spacial score (nSPS) is 30.4. The Labute approximate surface area is 133 Å². The Kier molecular flexibility index (Phi) is 7.40. The highest BCUT2D eigenvalue weighted by Crippen LogP contribution is 2.27. The van der Waals surface area contributed by atoms with Crippen LogP contribution in [0.5, 0.6) is 0 Å². The summed E-state index contributed by atoms with van der Waals surface area (Å²) in [6.07, 6.45) is -5.66. The molecule has 5 atom stereocenters. The molecule has 0 spiro atoms. The average Bonchev–Trinajstić information content (AvgIpc) is 2.42. The maximum atomic E-state index is 11.3. The first kappa shape index (κ1) is 19.3. The fraction of sp³-hybridized carbons (Fsp3) is 0.786. The molecule has 9 nitrogen and oxygen atoms in total. The third kappa shape index (κ3) is 5.77. The van der Waals surface area contributed by atoms with Crippen molar-refractivity contribution in [3.63, 3.8) is 0 Å². The number of hydrogen-bond donors (Lipinski definition) is 1. The molecule has 0 saturated carbocycles. The third-order valence-electron chi connectivity index (χ3n) is 3.02. The van der Waals surface area contributed by atoms with Crippen LogP contribution in [0.25, 0.3) is 0 Å². The molecular formula is C14H22O9. The van der Waals surface area contributed by atoms with Gasteiger partial charge in [0.25, 0.3) is 0 Å². The summed E-state index contributed by atoms with van der Waals surface area (Å²) in [7, 11) is 0. The molecule has 0 bridgehead atoms. The number of aliphatic hydroxyl groups excluding tert-OH is 1. The van der Waals surface area contributed by atoms with E-state index >= 15 is 0 Å². The van der Waals surface area contributed by atoms with Crippen LogP contribution in [0.4, 0.5) is 0 Å². The van der Waals surface area contributed by atoms with Gasteiger partial charge in [-0.15, -0.1) is 0 Å².